The van der Waals surface area contributed by atoms with E-state index in [-0.39, 0.29) is 17.5 Å². The molecule has 0 amide bonds. The van der Waals surface area contributed by atoms with E-state index in [0.29, 0.717) is 16.7 Å². The number of nitrogens with one attached hydrogen (secondary N) is 1. The molecule has 2 aromatic carbocycles. The van der Waals surface area contributed by atoms with Crippen LogP contribution in [-0.2, 0) is 0 Å². The van der Waals surface area contributed by atoms with Gasteiger partial charge in [0, 0.05) is 23.6 Å². The van der Waals surface area contributed by atoms with Crippen LogP contribution in [0.25, 0.3) is 10.9 Å². The van der Waals surface area contributed by atoms with E-state index in [1.54, 1.807) is 6.07 Å². The van der Waals surface area contributed by atoms with Crippen molar-refractivity contribution in [3.05, 3.63) is 64.5 Å². The maximum atomic E-state index is 11.2. The van der Waals surface area contributed by atoms with Crippen molar-refractivity contribution in [1.29, 1.82) is 0 Å². The first kappa shape index (κ1) is 15.7. The predicted molar refractivity (Wildman–Crippen MR) is 91.2 cm³/mol. The molecule has 1 aromatic heterocycles. The molecule has 0 saturated heterocycles. The molecule has 3 aromatic rings. The molecule has 0 aliphatic heterocycles. The van der Waals surface area contributed by atoms with Gasteiger partial charge in [-0.05, 0) is 12.5 Å². The van der Waals surface area contributed by atoms with Crippen LogP contribution >= 0.6 is 0 Å². The number of benzene rings is 2. The maximum Gasteiger partial charge on any atom is 0.311 e. The number of rotatable bonds is 5. The molecule has 1 N–H and O–H groups in total. The second-order valence-electron chi connectivity index (χ2n) is 5.30. The van der Waals surface area contributed by atoms with Crippen molar-refractivity contribution >= 4 is 22.4 Å². The average Bonchev–Trinajstić information content (AvgIpc) is 2.61. The molecular weight excluding hydrogens is 308 g/mol. The molecule has 0 saturated carbocycles. The molecule has 0 radical (unpaired) electrons. The fourth-order valence-electron chi connectivity index (χ4n) is 2.52. The van der Waals surface area contributed by atoms with E-state index in [0.717, 1.165) is 5.56 Å². The Morgan fingerprint density at radius 3 is 2.62 bits per heavy atom. The van der Waals surface area contributed by atoms with Crippen LogP contribution < -0.4 is 10.1 Å². The number of fused-ring (bicyclic) bond motifs is 1. The summed E-state index contributed by atoms with van der Waals surface area (Å²) in [6.45, 7) is 2.00. The van der Waals surface area contributed by atoms with Crippen molar-refractivity contribution < 1.29 is 9.66 Å². The monoisotopic (exact) mass is 324 g/mol. The largest absolute Gasteiger partial charge is 0.490 e. The summed E-state index contributed by atoms with van der Waals surface area (Å²) in [5.41, 5.74) is 1.55. The van der Waals surface area contributed by atoms with Gasteiger partial charge in [-0.25, -0.2) is 9.97 Å². The minimum atomic E-state index is -0.477. The van der Waals surface area contributed by atoms with Crippen LogP contribution in [0.4, 0.5) is 11.5 Å². The van der Waals surface area contributed by atoms with E-state index in [4.69, 9.17) is 4.74 Å². The van der Waals surface area contributed by atoms with Crippen LogP contribution in [-0.4, -0.2) is 22.0 Å². The summed E-state index contributed by atoms with van der Waals surface area (Å²) in [6, 6.07) is 12.9. The van der Waals surface area contributed by atoms with E-state index < -0.39 is 4.92 Å². The Morgan fingerprint density at radius 1 is 1.21 bits per heavy atom. The van der Waals surface area contributed by atoms with Crippen LogP contribution in [0.2, 0.25) is 0 Å². The zero-order valence-corrected chi connectivity index (χ0v) is 13.3. The Bertz CT molecular complexity index is 884. The fourth-order valence-corrected chi connectivity index (χ4v) is 2.52. The second kappa shape index (κ2) is 6.49. The number of nitro benzene ring substituents is 1. The lowest BCUT2D eigenvalue weighted by molar-refractivity contribution is -0.385. The summed E-state index contributed by atoms with van der Waals surface area (Å²) in [5.74, 6) is 0.718. The molecule has 1 atom stereocenters. The Kier molecular flexibility index (Phi) is 4.24. The van der Waals surface area contributed by atoms with Gasteiger partial charge in [0.25, 0.3) is 0 Å². The maximum absolute atomic E-state index is 11.2. The van der Waals surface area contributed by atoms with Crippen LogP contribution in [0.5, 0.6) is 5.75 Å². The van der Waals surface area contributed by atoms with Crippen LogP contribution in [0.3, 0.4) is 0 Å². The van der Waals surface area contributed by atoms with Crippen molar-refractivity contribution in [3.63, 3.8) is 0 Å². The van der Waals surface area contributed by atoms with Gasteiger partial charge in [0.1, 0.15) is 12.1 Å². The Hall–Kier alpha value is -3.22. The van der Waals surface area contributed by atoms with Crippen molar-refractivity contribution in [3.8, 4) is 5.75 Å². The van der Waals surface area contributed by atoms with E-state index in [1.807, 2.05) is 37.3 Å². The van der Waals surface area contributed by atoms with Gasteiger partial charge in [-0.3, -0.25) is 10.1 Å². The highest BCUT2D eigenvalue weighted by Crippen LogP contribution is 2.34. The smallest absolute Gasteiger partial charge is 0.311 e. The van der Waals surface area contributed by atoms with Gasteiger partial charge in [-0.15, -0.1) is 0 Å². The topological polar surface area (TPSA) is 90.2 Å². The summed E-state index contributed by atoms with van der Waals surface area (Å²) in [5, 5.41) is 15.1. The van der Waals surface area contributed by atoms with Crippen LogP contribution in [0, 0.1) is 10.1 Å². The molecule has 0 fully saturated rings. The summed E-state index contributed by atoms with van der Waals surface area (Å²) < 4.78 is 5.08. The lowest BCUT2D eigenvalue weighted by atomic mass is 10.1. The zero-order valence-electron chi connectivity index (χ0n) is 13.3. The van der Waals surface area contributed by atoms with Gasteiger partial charge in [-0.1, -0.05) is 30.3 Å². The van der Waals surface area contributed by atoms with Gasteiger partial charge in [-0.2, -0.15) is 0 Å². The van der Waals surface area contributed by atoms with Crippen LogP contribution in [0.1, 0.15) is 18.5 Å². The van der Waals surface area contributed by atoms with E-state index in [9.17, 15) is 10.1 Å². The molecule has 7 nitrogen and oxygen atoms in total. The Balaban J connectivity index is 2.05. The van der Waals surface area contributed by atoms with Gasteiger partial charge in [0.05, 0.1) is 17.5 Å². The Labute approximate surface area is 138 Å². The van der Waals surface area contributed by atoms with Crippen molar-refractivity contribution in [1.82, 2.24) is 9.97 Å². The first-order valence-corrected chi connectivity index (χ1v) is 7.38. The summed E-state index contributed by atoms with van der Waals surface area (Å²) >= 11 is 0. The molecule has 3 rings (SSSR count). The number of ether oxygens (including phenoxy) is 1. The van der Waals surface area contributed by atoms with Crippen molar-refractivity contribution in [2.45, 2.75) is 13.0 Å². The minimum Gasteiger partial charge on any atom is -0.490 e. The van der Waals surface area contributed by atoms with E-state index >= 15 is 0 Å². The molecule has 1 unspecified atom stereocenters. The predicted octanol–water partition coefficient (Wildman–Crippen LogP) is 3.72. The van der Waals surface area contributed by atoms with Gasteiger partial charge < -0.3 is 10.1 Å². The molecule has 0 bridgehead atoms. The van der Waals surface area contributed by atoms with Gasteiger partial charge >= 0.3 is 5.69 Å². The molecular formula is C17H16N4O3. The summed E-state index contributed by atoms with van der Waals surface area (Å²) in [4.78, 5) is 19.2. The highest BCUT2D eigenvalue weighted by molar-refractivity contribution is 5.92. The molecule has 0 aliphatic carbocycles. The Morgan fingerprint density at radius 2 is 1.96 bits per heavy atom. The number of aromatic nitrogens is 2. The van der Waals surface area contributed by atoms with E-state index in [2.05, 4.69) is 15.3 Å². The number of hydrogen-bond donors (Lipinski definition) is 1. The summed E-state index contributed by atoms with van der Waals surface area (Å²) in [6.07, 6.45) is 1.42. The summed E-state index contributed by atoms with van der Waals surface area (Å²) in [7, 11) is 1.39. The lowest BCUT2D eigenvalue weighted by Crippen LogP contribution is -2.08. The molecule has 122 valence electrons. The molecule has 1 heterocycles. The molecule has 0 aliphatic rings. The van der Waals surface area contributed by atoms with E-state index in [1.165, 1.54) is 19.5 Å². The van der Waals surface area contributed by atoms with Crippen molar-refractivity contribution in [2.75, 3.05) is 12.4 Å². The second-order valence-corrected chi connectivity index (χ2v) is 5.30. The molecule has 0 spiro atoms. The standard InChI is InChI=1S/C17H16N4O3/c1-11(12-6-4-3-5-7-12)20-17-13-8-15(21(22)23)16(24-2)9-14(13)18-10-19-17/h3-11H,1-2H3,(H,18,19,20). The average molecular weight is 324 g/mol. The third-order valence-electron chi connectivity index (χ3n) is 3.79. The number of anilines is 1. The SMILES string of the molecule is COc1cc2ncnc(NC(C)c3ccccc3)c2cc1[N+](=O)[O-]. The highest BCUT2D eigenvalue weighted by Gasteiger charge is 2.19. The van der Waals surface area contributed by atoms with Crippen LogP contribution in [0.15, 0.2) is 48.8 Å². The zero-order chi connectivity index (χ0) is 17.1. The van der Waals surface area contributed by atoms with Gasteiger partial charge in [0.15, 0.2) is 5.75 Å². The highest BCUT2D eigenvalue weighted by atomic mass is 16.6. The minimum absolute atomic E-state index is 0.00884. The number of methoxy groups -OCH3 is 1. The molecule has 7 heteroatoms. The lowest BCUT2D eigenvalue weighted by Gasteiger charge is -2.16. The third kappa shape index (κ3) is 2.96. The molecule has 24 heavy (non-hydrogen) atoms. The first-order valence-electron chi connectivity index (χ1n) is 7.38. The van der Waals surface area contributed by atoms with Gasteiger partial charge in [0.2, 0.25) is 0 Å². The number of hydrogen-bond acceptors (Lipinski definition) is 6. The fraction of sp³-hybridized carbons (Fsp3) is 0.176. The first-order chi connectivity index (χ1) is 11.6. The number of nitro groups is 1. The quantitative estimate of drug-likeness (QED) is 0.568. The third-order valence-corrected chi connectivity index (χ3v) is 3.79. The number of nitrogens with zero attached hydrogens (tertiary/aromatic N) is 3. The normalized spacial score (nSPS) is 11.9. The van der Waals surface area contributed by atoms with Crippen molar-refractivity contribution in [2.24, 2.45) is 0 Å².